The zero-order valence-electron chi connectivity index (χ0n) is 10.5. The smallest absolute Gasteiger partial charge is 0.271 e. The highest BCUT2D eigenvalue weighted by Gasteiger charge is 2.44. The summed E-state index contributed by atoms with van der Waals surface area (Å²) in [5.74, 6) is -0.0965. The van der Waals surface area contributed by atoms with Gasteiger partial charge in [0.2, 0.25) is 5.95 Å². The third-order valence-corrected chi connectivity index (χ3v) is 4.65. The Morgan fingerprint density at radius 1 is 1.48 bits per heavy atom. The molecule has 0 saturated carbocycles. The van der Waals surface area contributed by atoms with Crippen molar-refractivity contribution >= 4 is 39.9 Å². The summed E-state index contributed by atoms with van der Waals surface area (Å²) >= 11 is 6.17. The molecule has 0 spiro atoms. The molecule has 11 heteroatoms. The van der Waals surface area contributed by atoms with Crippen molar-refractivity contribution in [3.8, 4) is 0 Å². The van der Waals surface area contributed by atoms with Gasteiger partial charge in [-0.2, -0.15) is 4.98 Å². The van der Waals surface area contributed by atoms with Gasteiger partial charge in [-0.05, 0) is 12.2 Å². The topological polar surface area (TPSA) is 147 Å². The van der Waals surface area contributed by atoms with Crippen LogP contribution in [-0.2, 0) is 4.74 Å². The number of hydrogen-bond donors (Lipinski definition) is 5. The zero-order valence-corrected chi connectivity index (χ0v) is 12.1. The lowest BCUT2D eigenvalue weighted by Crippen LogP contribution is -2.33. The number of aromatic nitrogens is 3. The molecule has 0 bridgehead atoms. The molecule has 1 aliphatic heterocycles. The van der Waals surface area contributed by atoms with E-state index >= 15 is 0 Å². The third kappa shape index (κ3) is 2.18. The number of rotatable bonds is 2. The van der Waals surface area contributed by atoms with Crippen molar-refractivity contribution in [1.29, 1.82) is 0 Å². The quantitative estimate of drug-likeness (QED) is 0.427. The Labute approximate surface area is 126 Å². The monoisotopic (exact) mass is 332 g/mol. The van der Waals surface area contributed by atoms with Crippen LogP contribution in [0.5, 0.6) is 0 Å². The van der Waals surface area contributed by atoms with Gasteiger partial charge < -0.3 is 25.8 Å². The minimum absolute atomic E-state index is 0.0965. The van der Waals surface area contributed by atoms with Gasteiger partial charge in [-0.15, -0.1) is 0 Å². The van der Waals surface area contributed by atoms with Gasteiger partial charge in [-0.1, -0.05) is 11.3 Å². The highest BCUT2D eigenvalue weighted by Crippen LogP contribution is 2.33. The van der Waals surface area contributed by atoms with E-state index in [0.29, 0.717) is 0 Å². The Balaban J connectivity index is 2.20. The first-order chi connectivity index (χ1) is 9.93. The molecular weight excluding hydrogens is 320 g/mol. The first-order valence-electron chi connectivity index (χ1n) is 5.97. The number of aliphatic hydroxyl groups excluding tert-OH is 3. The number of fused-ring (bicyclic) bond motifs is 1. The SMILES string of the molecule is Nc1nc2c(sc(=S)n2C2O[C@H](CO)[C@@H](O)[C@H]2O)c(=O)[nH]1. The van der Waals surface area contributed by atoms with Crippen LogP contribution < -0.4 is 11.3 Å². The van der Waals surface area contributed by atoms with E-state index in [1.54, 1.807) is 0 Å². The predicted molar refractivity (Wildman–Crippen MR) is 76.5 cm³/mol. The van der Waals surface area contributed by atoms with Crippen LogP contribution in [0.15, 0.2) is 4.79 Å². The van der Waals surface area contributed by atoms with E-state index in [4.69, 9.17) is 27.8 Å². The maximum absolute atomic E-state index is 11.8. The van der Waals surface area contributed by atoms with Crippen molar-refractivity contribution in [2.24, 2.45) is 0 Å². The van der Waals surface area contributed by atoms with Gasteiger partial charge in [0, 0.05) is 0 Å². The van der Waals surface area contributed by atoms with Gasteiger partial charge >= 0.3 is 0 Å². The van der Waals surface area contributed by atoms with Crippen LogP contribution in [0.2, 0.25) is 0 Å². The molecule has 21 heavy (non-hydrogen) atoms. The molecule has 1 aliphatic rings. The summed E-state index contributed by atoms with van der Waals surface area (Å²) in [4.78, 5) is 18.2. The largest absolute Gasteiger partial charge is 0.394 e. The number of aromatic amines is 1. The number of aliphatic hydroxyl groups is 3. The number of hydrogen-bond acceptors (Lipinski definition) is 9. The lowest BCUT2D eigenvalue weighted by atomic mass is 10.1. The molecule has 3 rings (SSSR count). The van der Waals surface area contributed by atoms with Crippen LogP contribution in [0.3, 0.4) is 0 Å². The highest BCUT2D eigenvalue weighted by atomic mass is 32.1. The van der Waals surface area contributed by atoms with Crippen molar-refractivity contribution < 1.29 is 20.1 Å². The van der Waals surface area contributed by atoms with Crippen LogP contribution in [-0.4, -0.2) is 54.8 Å². The number of nitrogens with two attached hydrogens (primary N) is 1. The van der Waals surface area contributed by atoms with E-state index in [1.165, 1.54) is 4.57 Å². The molecule has 4 atom stereocenters. The van der Waals surface area contributed by atoms with Crippen LogP contribution >= 0.6 is 23.6 Å². The molecule has 1 unspecified atom stereocenters. The van der Waals surface area contributed by atoms with E-state index in [2.05, 4.69) is 9.97 Å². The van der Waals surface area contributed by atoms with Crippen LogP contribution in [0.4, 0.5) is 5.95 Å². The second-order valence-corrected chi connectivity index (χ2v) is 6.21. The van der Waals surface area contributed by atoms with Crippen LogP contribution in [0.1, 0.15) is 6.23 Å². The fraction of sp³-hybridized carbons (Fsp3) is 0.500. The molecule has 1 fully saturated rings. The summed E-state index contributed by atoms with van der Waals surface area (Å²) < 4.78 is 7.21. The molecule has 1 saturated heterocycles. The first kappa shape index (κ1) is 14.6. The molecule has 0 aliphatic carbocycles. The van der Waals surface area contributed by atoms with Gasteiger partial charge in [0.05, 0.1) is 6.61 Å². The standard InChI is InChI=1S/C10H12N4O5S2/c11-9-12-6-5(7(18)13-9)21-10(20)14(6)8-4(17)3(16)2(1-15)19-8/h2-4,8,15-17H,1H2,(H3,11,12,13,18)/t2-,3-,4-,8?/m1/s1. The number of nitrogen functional groups attached to an aromatic ring is 1. The summed E-state index contributed by atoms with van der Waals surface area (Å²) in [5, 5.41) is 29.0. The Morgan fingerprint density at radius 3 is 2.81 bits per heavy atom. The van der Waals surface area contributed by atoms with E-state index in [-0.39, 0.29) is 20.2 Å². The van der Waals surface area contributed by atoms with Gasteiger partial charge in [-0.25, -0.2) is 0 Å². The molecule has 6 N–H and O–H groups in total. The second kappa shape index (κ2) is 5.12. The van der Waals surface area contributed by atoms with Crippen LogP contribution in [0.25, 0.3) is 10.3 Å². The molecule has 2 aromatic rings. The lowest BCUT2D eigenvalue weighted by molar-refractivity contribution is -0.0511. The van der Waals surface area contributed by atoms with Gasteiger partial charge in [0.1, 0.15) is 23.0 Å². The average molecular weight is 332 g/mol. The van der Waals surface area contributed by atoms with E-state index in [9.17, 15) is 15.0 Å². The molecule has 0 radical (unpaired) electrons. The Bertz CT molecular complexity index is 799. The highest BCUT2D eigenvalue weighted by molar-refractivity contribution is 7.73. The van der Waals surface area contributed by atoms with Crippen molar-refractivity contribution in [3.05, 3.63) is 14.3 Å². The van der Waals surface area contributed by atoms with Crippen molar-refractivity contribution in [2.45, 2.75) is 24.5 Å². The van der Waals surface area contributed by atoms with Gasteiger partial charge in [0.25, 0.3) is 5.56 Å². The zero-order chi connectivity index (χ0) is 15.3. The maximum atomic E-state index is 11.8. The predicted octanol–water partition coefficient (Wildman–Crippen LogP) is -1.29. The summed E-state index contributed by atoms with van der Waals surface area (Å²) in [6.07, 6.45) is -4.57. The molecule has 2 aromatic heterocycles. The molecule has 9 nitrogen and oxygen atoms in total. The molecule has 114 valence electrons. The van der Waals surface area contributed by atoms with E-state index in [0.717, 1.165) is 11.3 Å². The number of H-pyrrole nitrogens is 1. The van der Waals surface area contributed by atoms with E-state index < -0.39 is 36.7 Å². The normalized spacial score (nSPS) is 29.3. The first-order valence-corrected chi connectivity index (χ1v) is 7.19. The number of anilines is 1. The fourth-order valence-electron chi connectivity index (χ4n) is 2.26. The second-order valence-electron chi connectivity index (χ2n) is 4.57. The molecule has 0 aromatic carbocycles. The molecular formula is C10H12N4O5S2. The third-order valence-electron chi connectivity index (χ3n) is 3.26. The summed E-state index contributed by atoms with van der Waals surface area (Å²) in [7, 11) is 0. The van der Waals surface area contributed by atoms with Gasteiger partial charge in [-0.3, -0.25) is 14.3 Å². The fourth-order valence-corrected chi connectivity index (χ4v) is 3.55. The maximum Gasteiger partial charge on any atom is 0.271 e. The minimum Gasteiger partial charge on any atom is -0.394 e. The summed E-state index contributed by atoms with van der Waals surface area (Å²) in [5.41, 5.74) is 5.24. The van der Waals surface area contributed by atoms with Crippen LogP contribution in [0, 0.1) is 3.95 Å². The number of thiazole rings is 1. The van der Waals surface area contributed by atoms with Gasteiger partial charge in [0.15, 0.2) is 15.8 Å². The minimum atomic E-state index is -1.31. The number of nitrogens with one attached hydrogen (secondary N) is 1. The number of ether oxygens (including phenoxy) is 1. The lowest BCUT2D eigenvalue weighted by Gasteiger charge is -2.16. The van der Waals surface area contributed by atoms with Crippen molar-refractivity contribution in [2.75, 3.05) is 12.3 Å². The summed E-state index contributed by atoms with van der Waals surface area (Å²) in [6, 6.07) is 0. The molecule has 0 amide bonds. The Hall–Kier alpha value is -1.37. The summed E-state index contributed by atoms with van der Waals surface area (Å²) in [6.45, 7) is -0.458. The van der Waals surface area contributed by atoms with Crippen molar-refractivity contribution in [1.82, 2.24) is 14.5 Å². The molecule has 3 heterocycles. The average Bonchev–Trinajstić information content (AvgIpc) is 2.89. The van der Waals surface area contributed by atoms with Crippen molar-refractivity contribution in [3.63, 3.8) is 0 Å². The van der Waals surface area contributed by atoms with E-state index in [1.807, 2.05) is 0 Å². The Morgan fingerprint density at radius 2 is 2.19 bits per heavy atom. The number of nitrogens with zero attached hydrogens (tertiary/aromatic N) is 2. The Kier molecular flexibility index (Phi) is 3.55.